The van der Waals surface area contributed by atoms with Crippen LogP contribution in [0.5, 0.6) is 0 Å². The van der Waals surface area contributed by atoms with E-state index in [4.69, 9.17) is 0 Å². The van der Waals surface area contributed by atoms with Gasteiger partial charge in [0.2, 0.25) is 10.0 Å². The lowest BCUT2D eigenvalue weighted by Crippen LogP contribution is -2.49. The van der Waals surface area contributed by atoms with Gasteiger partial charge in [-0.25, -0.2) is 17.2 Å². The standard InChI is InChI=1S/C20H29F2N3O3S/c1-15-6-7-17(29(27,28)25-8-4-3-5-16(25)2)13-18(15)20(26)24-11-9-23(10-12-24)14-19(21)22/h6-7,13,16,19H,3-5,8-12,14H2,1-2H3. The minimum atomic E-state index is -3.67. The van der Waals surface area contributed by atoms with Crippen LogP contribution in [0.25, 0.3) is 0 Å². The molecule has 1 aromatic carbocycles. The van der Waals surface area contributed by atoms with Crippen molar-refractivity contribution >= 4 is 15.9 Å². The van der Waals surface area contributed by atoms with E-state index in [9.17, 15) is 22.0 Å². The Morgan fingerprint density at radius 1 is 1.14 bits per heavy atom. The van der Waals surface area contributed by atoms with Crippen molar-refractivity contribution in [2.24, 2.45) is 0 Å². The van der Waals surface area contributed by atoms with Crippen molar-refractivity contribution in [2.75, 3.05) is 39.3 Å². The number of carbonyl (C=O) groups is 1. The van der Waals surface area contributed by atoms with Gasteiger partial charge in [-0.2, -0.15) is 4.31 Å². The highest BCUT2D eigenvalue weighted by molar-refractivity contribution is 7.89. The third-order valence-corrected chi connectivity index (χ3v) is 7.85. The highest BCUT2D eigenvalue weighted by Crippen LogP contribution is 2.27. The fourth-order valence-corrected chi connectivity index (χ4v) is 5.78. The minimum Gasteiger partial charge on any atom is -0.336 e. The molecule has 2 saturated heterocycles. The van der Waals surface area contributed by atoms with Gasteiger partial charge in [0.25, 0.3) is 12.3 Å². The molecule has 3 rings (SSSR count). The molecule has 0 spiro atoms. The number of piperidine rings is 1. The van der Waals surface area contributed by atoms with Crippen LogP contribution in [0.4, 0.5) is 8.78 Å². The second kappa shape index (κ2) is 9.06. The molecule has 0 aliphatic carbocycles. The van der Waals surface area contributed by atoms with Crippen LogP contribution in [0.2, 0.25) is 0 Å². The summed E-state index contributed by atoms with van der Waals surface area (Å²) in [5.74, 6) is -0.247. The first-order valence-electron chi connectivity index (χ1n) is 10.1. The summed E-state index contributed by atoms with van der Waals surface area (Å²) in [5, 5.41) is 0. The van der Waals surface area contributed by atoms with Crippen molar-refractivity contribution in [3.8, 4) is 0 Å². The van der Waals surface area contributed by atoms with E-state index in [0.29, 0.717) is 43.9 Å². The zero-order valence-corrected chi connectivity index (χ0v) is 17.8. The predicted molar refractivity (Wildman–Crippen MR) is 107 cm³/mol. The maximum Gasteiger partial charge on any atom is 0.254 e. The third-order valence-electron chi connectivity index (χ3n) is 5.84. The Labute approximate surface area is 171 Å². The quantitative estimate of drug-likeness (QED) is 0.722. The van der Waals surface area contributed by atoms with E-state index < -0.39 is 16.4 Å². The Morgan fingerprint density at radius 3 is 2.45 bits per heavy atom. The van der Waals surface area contributed by atoms with Crippen LogP contribution >= 0.6 is 0 Å². The number of alkyl halides is 2. The molecule has 1 aromatic rings. The SMILES string of the molecule is Cc1ccc(S(=O)(=O)N2CCCCC2C)cc1C(=O)N1CCN(CC(F)F)CC1. The molecule has 0 saturated carbocycles. The second-order valence-corrected chi connectivity index (χ2v) is 9.81. The largest absolute Gasteiger partial charge is 0.336 e. The van der Waals surface area contributed by atoms with Crippen LogP contribution in [0.3, 0.4) is 0 Å². The number of amides is 1. The molecule has 2 heterocycles. The van der Waals surface area contributed by atoms with Crippen molar-refractivity contribution in [1.82, 2.24) is 14.1 Å². The molecular formula is C20H29F2N3O3S. The number of piperazine rings is 1. The summed E-state index contributed by atoms with van der Waals surface area (Å²) in [6.45, 7) is 5.37. The molecule has 0 bridgehead atoms. The summed E-state index contributed by atoms with van der Waals surface area (Å²) in [7, 11) is -3.67. The smallest absolute Gasteiger partial charge is 0.254 e. The first-order chi connectivity index (χ1) is 13.7. The van der Waals surface area contributed by atoms with E-state index in [0.717, 1.165) is 19.3 Å². The number of sulfonamides is 1. The summed E-state index contributed by atoms with van der Waals surface area (Å²) in [6, 6.07) is 4.64. The van der Waals surface area contributed by atoms with Crippen molar-refractivity contribution in [2.45, 2.75) is 50.5 Å². The Hall–Kier alpha value is -1.58. The maximum atomic E-state index is 13.1. The zero-order valence-electron chi connectivity index (χ0n) is 17.0. The Bertz CT molecular complexity index is 839. The van der Waals surface area contributed by atoms with E-state index >= 15 is 0 Å². The summed E-state index contributed by atoms with van der Waals surface area (Å²) in [6.07, 6.45) is 0.297. The van der Waals surface area contributed by atoms with Crippen LogP contribution in [0.15, 0.2) is 23.1 Å². The van der Waals surface area contributed by atoms with Crippen LogP contribution in [0.1, 0.15) is 42.1 Å². The molecule has 162 valence electrons. The predicted octanol–water partition coefficient (Wildman–Crippen LogP) is 2.58. The summed E-state index contributed by atoms with van der Waals surface area (Å²) in [4.78, 5) is 16.4. The number of nitrogens with zero attached hydrogens (tertiary/aromatic N) is 3. The molecule has 1 unspecified atom stereocenters. The fourth-order valence-electron chi connectivity index (χ4n) is 4.06. The van der Waals surface area contributed by atoms with Crippen LogP contribution < -0.4 is 0 Å². The highest BCUT2D eigenvalue weighted by Gasteiger charge is 2.32. The number of benzene rings is 1. The molecule has 0 aromatic heterocycles. The van der Waals surface area contributed by atoms with Gasteiger partial charge < -0.3 is 4.90 Å². The average Bonchev–Trinajstić information content (AvgIpc) is 2.68. The Morgan fingerprint density at radius 2 is 1.83 bits per heavy atom. The third kappa shape index (κ3) is 4.95. The van der Waals surface area contributed by atoms with Gasteiger partial charge in [0.05, 0.1) is 11.4 Å². The molecule has 0 N–H and O–H groups in total. The number of carbonyl (C=O) groups excluding carboxylic acids is 1. The van der Waals surface area contributed by atoms with Crippen molar-refractivity contribution in [3.05, 3.63) is 29.3 Å². The van der Waals surface area contributed by atoms with E-state index in [1.54, 1.807) is 28.9 Å². The number of halogens is 2. The normalized spacial score (nSPS) is 22.2. The number of aryl methyl sites for hydroxylation is 1. The van der Waals surface area contributed by atoms with Gasteiger partial charge in [-0.3, -0.25) is 9.69 Å². The van der Waals surface area contributed by atoms with Crippen LogP contribution in [-0.4, -0.2) is 80.2 Å². The number of hydrogen-bond acceptors (Lipinski definition) is 4. The molecule has 0 radical (unpaired) electrons. The lowest BCUT2D eigenvalue weighted by molar-refractivity contribution is 0.0458. The molecule has 1 amide bonds. The molecule has 6 nitrogen and oxygen atoms in total. The number of hydrogen-bond donors (Lipinski definition) is 0. The van der Waals surface area contributed by atoms with Crippen molar-refractivity contribution < 1.29 is 22.0 Å². The first-order valence-corrected chi connectivity index (χ1v) is 11.6. The zero-order chi connectivity index (χ0) is 21.2. The lowest BCUT2D eigenvalue weighted by Gasteiger charge is -2.35. The fraction of sp³-hybridized carbons (Fsp3) is 0.650. The van der Waals surface area contributed by atoms with Gasteiger partial charge in [0.15, 0.2) is 0 Å². The summed E-state index contributed by atoms with van der Waals surface area (Å²) >= 11 is 0. The molecular weight excluding hydrogens is 400 g/mol. The van der Waals surface area contributed by atoms with E-state index in [1.165, 1.54) is 10.4 Å². The Kier molecular flexibility index (Phi) is 6.90. The molecule has 2 aliphatic heterocycles. The van der Waals surface area contributed by atoms with Gasteiger partial charge in [-0.15, -0.1) is 0 Å². The molecule has 2 aliphatic rings. The van der Waals surface area contributed by atoms with Crippen LogP contribution in [0, 0.1) is 6.92 Å². The van der Waals surface area contributed by atoms with Gasteiger partial charge in [-0.05, 0) is 44.4 Å². The van der Waals surface area contributed by atoms with E-state index in [2.05, 4.69) is 0 Å². The number of rotatable bonds is 5. The molecule has 2 fully saturated rings. The topological polar surface area (TPSA) is 60.9 Å². The van der Waals surface area contributed by atoms with Crippen molar-refractivity contribution in [1.29, 1.82) is 0 Å². The highest BCUT2D eigenvalue weighted by atomic mass is 32.2. The minimum absolute atomic E-state index is 0.0582. The monoisotopic (exact) mass is 429 g/mol. The summed E-state index contributed by atoms with van der Waals surface area (Å²) in [5.41, 5.74) is 1.06. The molecule has 9 heteroatoms. The van der Waals surface area contributed by atoms with E-state index in [-0.39, 0.29) is 23.4 Å². The molecule has 1 atom stereocenters. The lowest BCUT2D eigenvalue weighted by atomic mass is 10.1. The average molecular weight is 430 g/mol. The molecule has 29 heavy (non-hydrogen) atoms. The van der Waals surface area contributed by atoms with Crippen LogP contribution in [-0.2, 0) is 10.0 Å². The van der Waals surface area contributed by atoms with Gasteiger partial charge in [-0.1, -0.05) is 12.5 Å². The van der Waals surface area contributed by atoms with Crippen molar-refractivity contribution in [3.63, 3.8) is 0 Å². The van der Waals surface area contributed by atoms with Gasteiger partial charge in [0, 0.05) is 44.3 Å². The van der Waals surface area contributed by atoms with Gasteiger partial charge >= 0.3 is 0 Å². The van der Waals surface area contributed by atoms with Gasteiger partial charge in [0.1, 0.15) is 0 Å². The first kappa shape index (κ1) is 22.1. The second-order valence-electron chi connectivity index (χ2n) is 7.92. The Balaban J connectivity index is 1.78. The maximum absolute atomic E-state index is 13.1. The summed E-state index contributed by atoms with van der Waals surface area (Å²) < 4.78 is 52.9. The van der Waals surface area contributed by atoms with E-state index in [1.807, 2.05) is 6.92 Å².